The van der Waals surface area contributed by atoms with Crippen molar-refractivity contribution in [1.29, 1.82) is 0 Å². The third-order valence-corrected chi connectivity index (χ3v) is 3.40. The van der Waals surface area contributed by atoms with Gasteiger partial charge in [0.1, 0.15) is 5.60 Å². The Kier molecular flexibility index (Phi) is 7.13. The Balaban J connectivity index is 2.49. The molecule has 0 aliphatic carbocycles. The maximum Gasteiger partial charge on any atom is 0.413 e. The first-order valence-electron chi connectivity index (χ1n) is 7.91. The van der Waals surface area contributed by atoms with E-state index in [4.69, 9.17) is 4.74 Å². The van der Waals surface area contributed by atoms with Crippen LogP contribution in [0.15, 0.2) is 0 Å². The topological polar surface area (TPSA) is 50.8 Å². The van der Waals surface area contributed by atoms with Crippen LogP contribution in [-0.2, 0) is 9.57 Å². The molecule has 1 aliphatic rings. The van der Waals surface area contributed by atoms with Crippen molar-refractivity contribution in [3.8, 4) is 0 Å². The number of hydrogen-bond acceptors (Lipinski definition) is 4. The summed E-state index contributed by atoms with van der Waals surface area (Å²) in [5.41, 5.74) is 1.82. The van der Waals surface area contributed by atoms with Gasteiger partial charge in [-0.15, -0.1) is 0 Å². The molecule has 1 fully saturated rings. The predicted octanol–water partition coefficient (Wildman–Crippen LogP) is 3.64. The maximum absolute atomic E-state index is 12.3. The summed E-state index contributed by atoms with van der Waals surface area (Å²) < 4.78 is 41.6. The molecule has 23 heavy (non-hydrogen) atoms. The molecule has 0 bridgehead atoms. The second kappa shape index (κ2) is 8.19. The molecule has 1 amide bonds. The summed E-state index contributed by atoms with van der Waals surface area (Å²) in [4.78, 5) is 18.4. The summed E-state index contributed by atoms with van der Waals surface area (Å²) in [5, 5.41) is 0. The predicted molar refractivity (Wildman–Crippen MR) is 79.8 cm³/mol. The van der Waals surface area contributed by atoms with Crippen molar-refractivity contribution in [3.63, 3.8) is 0 Å². The van der Waals surface area contributed by atoms with Gasteiger partial charge in [0.2, 0.25) is 0 Å². The van der Waals surface area contributed by atoms with Gasteiger partial charge in [0.15, 0.2) is 6.61 Å². The SMILES string of the molecule is CC(CC1CCCCN1C(=O)OC(C)(C)C)NOCC(F)(F)F. The van der Waals surface area contributed by atoms with Crippen LogP contribution < -0.4 is 5.48 Å². The third-order valence-electron chi connectivity index (χ3n) is 3.40. The number of rotatable bonds is 5. The molecule has 2 unspecified atom stereocenters. The van der Waals surface area contributed by atoms with Crippen LogP contribution in [0, 0.1) is 0 Å². The van der Waals surface area contributed by atoms with Crippen molar-refractivity contribution < 1.29 is 27.5 Å². The summed E-state index contributed by atoms with van der Waals surface area (Å²) in [5.74, 6) is 0. The van der Waals surface area contributed by atoms with Gasteiger partial charge >= 0.3 is 12.3 Å². The standard InChI is InChI=1S/C15H27F3N2O3/c1-11(19-22-10-15(16,17)18)9-12-7-5-6-8-20(12)13(21)23-14(2,3)4/h11-12,19H,5-10H2,1-4H3. The molecule has 5 nitrogen and oxygen atoms in total. The lowest BCUT2D eigenvalue weighted by molar-refractivity contribution is -0.192. The van der Waals surface area contributed by atoms with E-state index in [1.807, 2.05) is 0 Å². The number of carbonyl (C=O) groups excluding carboxylic acids is 1. The van der Waals surface area contributed by atoms with Gasteiger partial charge in [-0.2, -0.15) is 18.7 Å². The Bertz CT molecular complexity index is 383. The molecule has 8 heteroatoms. The summed E-state index contributed by atoms with van der Waals surface area (Å²) in [6.07, 6.45) is -1.52. The smallest absolute Gasteiger partial charge is 0.413 e. The Morgan fingerprint density at radius 3 is 2.52 bits per heavy atom. The van der Waals surface area contributed by atoms with Crippen molar-refractivity contribution in [1.82, 2.24) is 10.4 Å². The van der Waals surface area contributed by atoms with Crippen molar-refractivity contribution in [2.45, 2.75) is 77.2 Å². The summed E-state index contributed by atoms with van der Waals surface area (Å²) in [6.45, 7) is 6.42. The Labute approximate surface area is 135 Å². The number of nitrogens with zero attached hydrogens (tertiary/aromatic N) is 1. The lowest BCUT2D eigenvalue weighted by Crippen LogP contribution is -2.48. The van der Waals surface area contributed by atoms with Crippen molar-refractivity contribution in [2.75, 3.05) is 13.2 Å². The van der Waals surface area contributed by atoms with Gasteiger partial charge < -0.3 is 9.64 Å². The van der Waals surface area contributed by atoms with E-state index >= 15 is 0 Å². The Morgan fingerprint density at radius 1 is 1.30 bits per heavy atom. The average Bonchev–Trinajstić information content (AvgIpc) is 2.35. The number of alkyl halides is 3. The van der Waals surface area contributed by atoms with E-state index in [0.717, 1.165) is 19.3 Å². The van der Waals surface area contributed by atoms with Crippen LogP contribution in [0.4, 0.5) is 18.0 Å². The first-order valence-corrected chi connectivity index (χ1v) is 7.91. The highest BCUT2D eigenvalue weighted by molar-refractivity contribution is 5.68. The van der Waals surface area contributed by atoms with Crippen molar-refractivity contribution >= 4 is 6.09 Å². The molecule has 1 saturated heterocycles. The molecule has 0 aromatic carbocycles. The number of amides is 1. The minimum atomic E-state index is -4.36. The number of piperidine rings is 1. The van der Waals surface area contributed by atoms with Gasteiger partial charge in [-0.1, -0.05) is 0 Å². The highest BCUT2D eigenvalue weighted by Crippen LogP contribution is 2.23. The molecule has 0 aromatic rings. The first-order chi connectivity index (χ1) is 10.5. The van der Waals surface area contributed by atoms with E-state index in [2.05, 4.69) is 10.3 Å². The van der Waals surface area contributed by atoms with Gasteiger partial charge in [0.25, 0.3) is 0 Å². The van der Waals surface area contributed by atoms with Crippen molar-refractivity contribution in [2.24, 2.45) is 0 Å². The Morgan fingerprint density at radius 2 is 1.96 bits per heavy atom. The number of hydroxylamine groups is 1. The fourth-order valence-electron chi connectivity index (χ4n) is 2.53. The quantitative estimate of drug-likeness (QED) is 0.777. The number of hydrogen-bond donors (Lipinski definition) is 1. The molecule has 2 atom stereocenters. The zero-order valence-electron chi connectivity index (χ0n) is 14.2. The molecule has 0 spiro atoms. The molecule has 1 aliphatic heterocycles. The molecular formula is C15H27F3N2O3. The van der Waals surface area contributed by atoms with Gasteiger partial charge in [-0.3, -0.25) is 4.84 Å². The molecule has 1 N–H and O–H groups in total. The zero-order chi connectivity index (χ0) is 17.7. The lowest BCUT2D eigenvalue weighted by atomic mass is 9.97. The summed E-state index contributed by atoms with van der Waals surface area (Å²) in [7, 11) is 0. The molecule has 0 radical (unpaired) electrons. The number of likely N-dealkylation sites (tertiary alicyclic amines) is 1. The van der Waals surface area contributed by atoms with Crippen LogP contribution in [0.2, 0.25) is 0 Å². The molecule has 1 heterocycles. The van der Waals surface area contributed by atoms with Crippen LogP contribution in [0.1, 0.15) is 53.4 Å². The molecule has 0 aromatic heterocycles. The fourth-order valence-corrected chi connectivity index (χ4v) is 2.53. The average molecular weight is 340 g/mol. The zero-order valence-corrected chi connectivity index (χ0v) is 14.2. The second-order valence-corrected chi connectivity index (χ2v) is 6.98. The molecule has 1 rings (SSSR count). The number of carbonyl (C=O) groups is 1. The number of halogens is 3. The van der Waals surface area contributed by atoms with E-state index in [-0.39, 0.29) is 18.2 Å². The van der Waals surface area contributed by atoms with E-state index in [1.165, 1.54) is 0 Å². The highest BCUT2D eigenvalue weighted by atomic mass is 19.4. The van der Waals surface area contributed by atoms with Crippen LogP contribution in [-0.4, -0.2) is 48.0 Å². The van der Waals surface area contributed by atoms with Gasteiger partial charge in [0.05, 0.1) is 0 Å². The van der Waals surface area contributed by atoms with Gasteiger partial charge in [-0.05, 0) is 53.4 Å². The maximum atomic E-state index is 12.3. The minimum Gasteiger partial charge on any atom is -0.444 e. The van der Waals surface area contributed by atoms with Crippen LogP contribution >= 0.6 is 0 Å². The molecule has 0 saturated carbocycles. The fraction of sp³-hybridized carbons (Fsp3) is 0.933. The summed E-state index contributed by atoms with van der Waals surface area (Å²) >= 11 is 0. The second-order valence-electron chi connectivity index (χ2n) is 6.98. The van der Waals surface area contributed by atoms with Crippen LogP contribution in [0.5, 0.6) is 0 Å². The monoisotopic (exact) mass is 340 g/mol. The minimum absolute atomic E-state index is 0.0596. The third kappa shape index (κ3) is 8.41. The largest absolute Gasteiger partial charge is 0.444 e. The first kappa shape index (κ1) is 20.0. The number of nitrogens with one attached hydrogen (secondary N) is 1. The highest BCUT2D eigenvalue weighted by Gasteiger charge is 2.32. The van der Waals surface area contributed by atoms with Crippen molar-refractivity contribution in [3.05, 3.63) is 0 Å². The van der Waals surface area contributed by atoms with Crippen LogP contribution in [0.3, 0.4) is 0 Å². The lowest BCUT2D eigenvalue weighted by Gasteiger charge is -2.37. The Hall–Kier alpha value is -1.02. The molecule has 136 valence electrons. The van der Waals surface area contributed by atoms with Crippen LogP contribution in [0.25, 0.3) is 0 Å². The van der Waals surface area contributed by atoms with E-state index < -0.39 is 18.4 Å². The van der Waals surface area contributed by atoms with Gasteiger partial charge in [0, 0.05) is 18.6 Å². The molecular weight excluding hydrogens is 313 g/mol. The number of ether oxygens (including phenoxy) is 1. The van der Waals surface area contributed by atoms with E-state index in [1.54, 1.807) is 32.6 Å². The van der Waals surface area contributed by atoms with E-state index in [0.29, 0.717) is 13.0 Å². The van der Waals surface area contributed by atoms with E-state index in [9.17, 15) is 18.0 Å². The summed E-state index contributed by atoms with van der Waals surface area (Å²) in [6, 6.07) is -0.360. The normalized spacial score (nSPS) is 21.2. The van der Waals surface area contributed by atoms with Gasteiger partial charge in [-0.25, -0.2) is 4.79 Å².